The largest absolute Gasteiger partial charge is 0.462 e. The van der Waals surface area contributed by atoms with Gasteiger partial charge in [-0.25, -0.2) is 4.79 Å². The Kier molecular flexibility index (Phi) is 4.32. The number of esters is 1. The minimum Gasteiger partial charge on any atom is -0.462 e. The van der Waals surface area contributed by atoms with E-state index in [0.717, 1.165) is 0 Å². The Morgan fingerprint density at radius 2 is 2.00 bits per heavy atom. The van der Waals surface area contributed by atoms with Crippen molar-refractivity contribution in [2.75, 3.05) is 6.61 Å². The van der Waals surface area contributed by atoms with Crippen LogP contribution in [0, 0.1) is 5.41 Å². The Balaban J connectivity index is 4.28. The highest BCUT2D eigenvalue weighted by Gasteiger charge is 2.13. The number of halogens is 1. The summed E-state index contributed by atoms with van der Waals surface area (Å²) in [6.07, 6.45) is 1.69. The average molecular weight is 191 g/mol. The zero-order chi connectivity index (χ0) is 9.78. The first-order valence-corrected chi connectivity index (χ1v) is 4.30. The fourth-order valence-electron chi connectivity index (χ4n) is 0.639. The molecule has 0 aliphatic carbocycles. The standard InChI is InChI=1S/C9H15ClO2/c1-5-12-8(11)7(10)6-9(2,3)4/h6H,5H2,1-4H3/b7-6-. The predicted octanol–water partition coefficient (Wildman–Crippen LogP) is 2.72. The van der Waals surface area contributed by atoms with Crippen molar-refractivity contribution in [1.29, 1.82) is 0 Å². The minimum absolute atomic E-state index is 0.0934. The molecular formula is C9H15ClO2. The van der Waals surface area contributed by atoms with Gasteiger partial charge in [0.25, 0.3) is 0 Å². The van der Waals surface area contributed by atoms with Gasteiger partial charge >= 0.3 is 5.97 Å². The number of hydrogen-bond donors (Lipinski definition) is 0. The zero-order valence-electron chi connectivity index (χ0n) is 7.98. The van der Waals surface area contributed by atoms with Crippen molar-refractivity contribution in [3.63, 3.8) is 0 Å². The van der Waals surface area contributed by atoms with Gasteiger partial charge in [0.1, 0.15) is 5.03 Å². The van der Waals surface area contributed by atoms with E-state index in [1.165, 1.54) is 0 Å². The van der Waals surface area contributed by atoms with Crippen LogP contribution in [0.3, 0.4) is 0 Å². The second kappa shape index (κ2) is 4.51. The van der Waals surface area contributed by atoms with Gasteiger partial charge in [0.15, 0.2) is 0 Å². The van der Waals surface area contributed by atoms with Crippen LogP contribution in [0.25, 0.3) is 0 Å². The predicted molar refractivity (Wildman–Crippen MR) is 50.0 cm³/mol. The SMILES string of the molecule is CCOC(=O)/C(Cl)=C/C(C)(C)C. The topological polar surface area (TPSA) is 26.3 Å². The molecule has 0 aromatic rings. The summed E-state index contributed by atoms with van der Waals surface area (Å²) in [5, 5.41) is 0.157. The van der Waals surface area contributed by atoms with Crippen LogP contribution in [-0.4, -0.2) is 12.6 Å². The molecule has 70 valence electrons. The van der Waals surface area contributed by atoms with Crippen molar-refractivity contribution in [3.05, 3.63) is 11.1 Å². The molecular weight excluding hydrogens is 176 g/mol. The van der Waals surface area contributed by atoms with Crippen LogP contribution in [0.15, 0.2) is 11.1 Å². The number of ether oxygens (including phenoxy) is 1. The third-order valence-corrected chi connectivity index (χ3v) is 1.29. The summed E-state index contributed by atoms with van der Waals surface area (Å²) in [5.74, 6) is -0.450. The smallest absolute Gasteiger partial charge is 0.349 e. The number of hydrogen-bond acceptors (Lipinski definition) is 2. The maximum atomic E-state index is 11.0. The van der Waals surface area contributed by atoms with Crippen LogP contribution in [-0.2, 0) is 9.53 Å². The first kappa shape index (κ1) is 11.5. The molecule has 0 bridgehead atoms. The molecule has 0 unspecified atom stereocenters. The van der Waals surface area contributed by atoms with E-state index in [1.54, 1.807) is 13.0 Å². The highest BCUT2D eigenvalue weighted by molar-refractivity contribution is 6.41. The third kappa shape index (κ3) is 5.19. The molecule has 0 aromatic heterocycles. The van der Waals surface area contributed by atoms with Crippen molar-refractivity contribution in [1.82, 2.24) is 0 Å². The average Bonchev–Trinajstić information content (AvgIpc) is 1.84. The van der Waals surface area contributed by atoms with Gasteiger partial charge in [-0.05, 0) is 12.3 Å². The molecule has 0 rings (SSSR count). The Bertz CT molecular complexity index is 189. The highest BCUT2D eigenvalue weighted by atomic mass is 35.5. The number of carbonyl (C=O) groups is 1. The lowest BCUT2D eigenvalue weighted by atomic mass is 9.96. The van der Waals surface area contributed by atoms with Gasteiger partial charge in [-0.1, -0.05) is 38.4 Å². The monoisotopic (exact) mass is 190 g/mol. The molecule has 2 nitrogen and oxygen atoms in total. The fourth-order valence-corrected chi connectivity index (χ4v) is 1.02. The van der Waals surface area contributed by atoms with Crippen LogP contribution in [0.4, 0.5) is 0 Å². The van der Waals surface area contributed by atoms with Crippen molar-refractivity contribution in [3.8, 4) is 0 Å². The summed E-state index contributed by atoms with van der Waals surface area (Å²) < 4.78 is 4.71. The van der Waals surface area contributed by atoms with Gasteiger partial charge in [-0.15, -0.1) is 0 Å². The Labute approximate surface area is 78.5 Å². The summed E-state index contributed by atoms with van der Waals surface area (Å²) >= 11 is 5.68. The van der Waals surface area contributed by atoms with E-state index in [-0.39, 0.29) is 10.4 Å². The second-order valence-corrected chi connectivity index (χ2v) is 3.99. The van der Waals surface area contributed by atoms with Gasteiger partial charge in [0.05, 0.1) is 6.61 Å². The molecule has 0 spiro atoms. The molecule has 12 heavy (non-hydrogen) atoms. The summed E-state index contributed by atoms with van der Waals surface area (Å²) in [6, 6.07) is 0. The first-order chi connectivity index (χ1) is 5.37. The van der Waals surface area contributed by atoms with E-state index >= 15 is 0 Å². The molecule has 0 N–H and O–H groups in total. The lowest BCUT2D eigenvalue weighted by molar-refractivity contribution is -0.137. The van der Waals surface area contributed by atoms with Gasteiger partial charge in [-0.2, -0.15) is 0 Å². The van der Waals surface area contributed by atoms with E-state index < -0.39 is 5.97 Å². The maximum Gasteiger partial charge on any atom is 0.349 e. The van der Waals surface area contributed by atoms with Gasteiger partial charge < -0.3 is 4.74 Å². The molecule has 3 heteroatoms. The van der Waals surface area contributed by atoms with E-state index in [1.807, 2.05) is 20.8 Å². The second-order valence-electron chi connectivity index (χ2n) is 3.58. The molecule has 0 aliphatic rings. The van der Waals surface area contributed by atoms with Crippen LogP contribution in [0.2, 0.25) is 0 Å². The Morgan fingerprint density at radius 1 is 1.50 bits per heavy atom. The molecule has 0 radical (unpaired) electrons. The van der Waals surface area contributed by atoms with Crippen molar-refractivity contribution < 1.29 is 9.53 Å². The Morgan fingerprint density at radius 3 is 2.33 bits per heavy atom. The van der Waals surface area contributed by atoms with E-state index in [0.29, 0.717) is 6.61 Å². The third-order valence-electron chi connectivity index (χ3n) is 1.03. The van der Waals surface area contributed by atoms with E-state index in [4.69, 9.17) is 16.3 Å². The van der Waals surface area contributed by atoms with E-state index in [9.17, 15) is 4.79 Å². The summed E-state index contributed by atoms with van der Waals surface area (Å²) in [7, 11) is 0. The Hall–Kier alpha value is -0.500. The number of carbonyl (C=O) groups excluding carboxylic acids is 1. The molecule has 0 heterocycles. The summed E-state index contributed by atoms with van der Waals surface area (Å²) in [4.78, 5) is 11.0. The van der Waals surface area contributed by atoms with E-state index in [2.05, 4.69) is 0 Å². The molecule has 0 fully saturated rings. The number of rotatable bonds is 2. The van der Waals surface area contributed by atoms with Crippen molar-refractivity contribution in [2.24, 2.45) is 5.41 Å². The fraction of sp³-hybridized carbons (Fsp3) is 0.667. The summed E-state index contributed by atoms with van der Waals surface area (Å²) in [5.41, 5.74) is -0.0934. The van der Waals surface area contributed by atoms with Gasteiger partial charge in [0.2, 0.25) is 0 Å². The van der Waals surface area contributed by atoms with Gasteiger partial charge in [-0.3, -0.25) is 0 Å². The molecule has 0 saturated carbocycles. The highest BCUT2D eigenvalue weighted by Crippen LogP contribution is 2.19. The zero-order valence-corrected chi connectivity index (χ0v) is 8.73. The maximum absolute atomic E-state index is 11.0. The van der Waals surface area contributed by atoms with Gasteiger partial charge in [0, 0.05) is 0 Å². The molecule has 0 amide bonds. The van der Waals surface area contributed by atoms with Crippen molar-refractivity contribution >= 4 is 17.6 Å². The van der Waals surface area contributed by atoms with Crippen LogP contribution in [0.5, 0.6) is 0 Å². The molecule has 0 saturated heterocycles. The minimum atomic E-state index is -0.450. The summed E-state index contributed by atoms with van der Waals surface area (Å²) in [6.45, 7) is 8.00. The quantitative estimate of drug-likeness (QED) is 0.495. The first-order valence-electron chi connectivity index (χ1n) is 3.92. The molecule has 0 aromatic carbocycles. The van der Waals surface area contributed by atoms with Crippen molar-refractivity contribution in [2.45, 2.75) is 27.7 Å². The van der Waals surface area contributed by atoms with Crippen LogP contribution >= 0.6 is 11.6 Å². The van der Waals surface area contributed by atoms with Crippen LogP contribution < -0.4 is 0 Å². The lowest BCUT2D eigenvalue weighted by Crippen LogP contribution is -2.08. The van der Waals surface area contributed by atoms with Crippen LogP contribution in [0.1, 0.15) is 27.7 Å². The lowest BCUT2D eigenvalue weighted by Gasteiger charge is -2.12. The normalized spacial score (nSPS) is 12.9. The molecule has 0 atom stereocenters. The number of allylic oxidation sites excluding steroid dienone is 1. The molecule has 0 aliphatic heterocycles.